The van der Waals surface area contributed by atoms with E-state index >= 15 is 0 Å². The predicted octanol–water partition coefficient (Wildman–Crippen LogP) is 1.09. The van der Waals surface area contributed by atoms with Crippen LogP contribution in [0.1, 0.15) is 20.8 Å². The molecule has 0 heterocycles. The molecule has 92 valence electrons. The van der Waals surface area contributed by atoms with Crippen LogP contribution in [0.2, 0.25) is 0 Å². The summed E-state index contributed by atoms with van der Waals surface area (Å²) >= 11 is 0. The Kier molecular flexibility index (Phi) is 6.82. The van der Waals surface area contributed by atoms with Crippen LogP contribution in [-0.4, -0.2) is 20.0 Å². The summed E-state index contributed by atoms with van der Waals surface area (Å²) in [7, 11) is -5.34. The summed E-state index contributed by atoms with van der Waals surface area (Å²) in [5.41, 5.74) is 1.39. The number of rotatable bonds is 1. The Hall–Kier alpha value is -0.600. The summed E-state index contributed by atoms with van der Waals surface area (Å²) in [6.07, 6.45) is 2.03. The van der Waals surface area contributed by atoms with Crippen LogP contribution in [0.15, 0.2) is 11.6 Å². The predicted molar refractivity (Wildman–Crippen MR) is 52.2 cm³/mol. The van der Waals surface area contributed by atoms with Gasteiger partial charge in [0.15, 0.2) is 0 Å². The maximum absolute atomic E-state index is 10.8. The molecule has 0 aromatic rings. The molecular formula is C7H15F3N2O2S. The average molecular weight is 248 g/mol. The molecule has 8 heteroatoms. The highest BCUT2D eigenvalue weighted by atomic mass is 32.2. The van der Waals surface area contributed by atoms with Crippen LogP contribution < -0.4 is 10.9 Å². The van der Waals surface area contributed by atoms with Gasteiger partial charge in [-0.15, -0.1) is 0 Å². The highest BCUT2D eigenvalue weighted by Gasteiger charge is 2.42. The zero-order chi connectivity index (χ0) is 12.9. The van der Waals surface area contributed by atoms with Gasteiger partial charge in [-0.2, -0.15) is 13.2 Å². The van der Waals surface area contributed by atoms with Gasteiger partial charge in [0.25, 0.3) is 0 Å². The molecule has 1 atom stereocenters. The highest BCUT2D eigenvalue weighted by molar-refractivity contribution is 7.90. The van der Waals surface area contributed by atoms with Crippen molar-refractivity contribution in [1.82, 2.24) is 0 Å². The molecule has 0 fully saturated rings. The van der Waals surface area contributed by atoms with Crippen LogP contribution in [0.5, 0.6) is 0 Å². The molecule has 0 aromatic heterocycles. The lowest BCUT2D eigenvalue weighted by molar-refractivity contribution is -0.0436. The Morgan fingerprint density at radius 1 is 1.33 bits per heavy atom. The van der Waals surface area contributed by atoms with Crippen molar-refractivity contribution in [3.8, 4) is 0 Å². The van der Waals surface area contributed by atoms with Crippen molar-refractivity contribution in [3.63, 3.8) is 0 Å². The number of alkyl halides is 3. The van der Waals surface area contributed by atoms with Crippen molar-refractivity contribution in [2.45, 2.75) is 32.3 Å². The lowest BCUT2D eigenvalue weighted by Gasteiger charge is -1.98. The molecule has 0 amide bonds. The Bertz CT molecular complexity index is 303. The molecule has 4 nitrogen and oxygen atoms in total. The lowest BCUT2D eigenvalue weighted by atomic mass is 10.2. The first-order valence-electron chi connectivity index (χ1n) is 3.87. The van der Waals surface area contributed by atoms with Gasteiger partial charge in [-0.25, -0.2) is 13.6 Å². The molecule has 0 aliphatic rings. The van der Waals surface area contributed by atoms with Crippen LogP contribution >= 0.6 is 0 Å². The number of hydrogen-bond acceptors (Lipinski definition) is 3. The Morgan fingerprint density at radius 2 is 1.60 bits per heavy atom. The highest BCUT2D eigenvalue weighted by Crippen LogP contribution is 2.18. The summed E-state index contributed by atoms with van der Waals surface area (Å²) in [4.78, 5) is 0. The molecule has 0 saturated heterocycles. The minimum absolute atomic E-state index is 0.213. The third kappa shape index (κ3) is 11.3. The van der Waals surface area contributed by atoms with Crippen molar-refractivity contribution in [2.75, 3.05) is 0 Å². The summed E-state index contributed by atoms with van der Waals surface area (Å²) < 4.78 is 51.2. The zero-order valence-corrected chi connectivity index (χ0v) is 9.48. The van der Waals surface area contributed by atoms with E-state index in [1.54, 1.807) is 0 Å². The van der Waals surface area contributed by atoms with E-state index in [2.05, 4.69) is 5.14 Å². The molecular weight excluding hydrogens is 233 g/mol. The third-order valence-electron chi connectivity index (χ3n) is 0.919. The van der Waals surface area contributed by atoms with E-state index < -0.39 is 15.5 Å². The van der Waals surface area contributed by atoms with E-state index in [1.165, 1.54) is 5.57 Å². The van der Waals surface area contributed by atoms with E-state index in [9.17, 15) is 21.6 Å². The van der Waals surface area contributed by atoms with E-state index in [0.717, 1.165) is 0 Å². The van der Waals surface area contributed by atoms with E-state index in [4.69, 9.17) is 5.73 Å². The fraction of sp³-hybridized carbons (Fsp3) is 0.714. The minimum Gasteiger partial charge on any atom is -0.325 e. The quantitative estimate of drug-likeness (QED) is 0.681. The maximum Gasteiger partial charge on any atom is 0.511 e. The van der Waals surface area contributed by atoms with Gasteiger partial charge in [0, 0.05) is 6.04 Å². The largest absolute Gasteiger partial charge is 0.511 e. The second-order valence-corrected chi connectivity index (χ2v) is 4.65. The van der Waals surface area contributed by atoms with E-state index in [-0.39, 0.29) is 6.04 Å². The SMILES string of the molecule is CC(C)=CC(C)N.NS(=O)(=O)C(F)(F)F. The van der Waals surface area contributed by atoms with Gasteiger partial charge in [-0.1, -0.05) is 11.6 Å². The number of primary sulfonamides is 1. The fourth-order valence-electron chi connectivity index (χ4n) is 0.526. The van der Waals surface area contributed by atoms with Crippen molar-refractivity contribution in [3.05, 3.63) is 11.6 Å². The second-order valence-electron chi connectivity index (χ2n) is 3.09. The molecule has 0 rings (SSSR count). The second kappa shape index (κ2) is 6.09. The number of halogens is 3. The first-order valence-corrected chi connectivity index (χ1v) is 5.42. The molecule has 15 heavy (non-hydrogen) atoms. The molecule has 0 radical (unpaired) electrons. The van der Waals surface area contributed by atoms with Gasteiger partial charge in [-0.3, -0.25) is 0 Å². The molecule has 0 saturated carbocycles. The summed E-state index contributed by atoms with van der Waals surface area (Å²) in [5, 5.41) is 3.66. The van der Waals surface area contributed by atoms with Gasteiger partial charge in [0.2, 0.25) is 0 Å². The van der Waals surface area contributed by atoms with Crippen LogP contribution in [0.4, 0.5) is 13.2 Å². The standard InChI is InChI=1S/C6H13N.CH2F3NO2S/c1-5(2)4-6(3)7;2-1(3,4)8(5,6)7/h4,6H,7H2,1-3H3;(H2,5,6,7). The van der Waals surface area contributed by atoms with Crippen LogP contribution in [0.3, 0.4) is 0 Å². The number of hydrogen-bond donors (Lipinski definition) is 2. The van der Waals surface area contributed by atoms with Crippen molar-refractivity contribution in [2.24, 2.45) is 10.9 Å². The van der Waals surface area contributed by atoms with Crippen molar-refractivity contribution < 1.29 is 21.6 Å². The Labute approximate surface area is 87.2 Å². The van der Waals surface area contributed by atoms with Crippen LogP contribution in [0, 0.1) is 0 Å². The van der Waals surface area contributed by atoms with Gasteiger partial charge in [0.1, 0.15) is 0 Å². The Balaban J connectivity index is 0. The van der Waals surface area contributed by atoms with Crippen LogP contribution in [0.25, 0.3) is 0 Å². The van der Waals surface area contributed by atoms with E-state index in [1.807, 2.05) is 26.8 Å². The normalized spacial score (nSPS) is 13.6. The number of allylic oxidation sites excluding steroid dienone is 1. The molecule has 0 aromatic carbocycles. The number of sulfonamides is 1. The van der Waals surface area contributed by atoms with Gasteiger partial charge < -0.3 is 5.73 Å². The molecule has 0 aliphatic carbocycles. The summed E-state index contributed by atoms with van der Waals surface area (Å²) in [5.74, 6) is 0. The van der Waals surface area contributed by atoms with Crippen molar-refractivity contribution in [1.29, 1.82) is 0 Å². The summed E-state index contributed by atoms with van der Waals surface area (Å²) in [6, 6.07) is 0.213. The molecule has 1 unspecified atom stereocenters. The van der Waals surface area contributed by atoms with Gasteiger partial charge in [0.05, 0.1) is 0 Å². The molecule has 4 N–H and O–H groups in total. The van der Waals surface area contributed by atoms with Crippen LogP contribution in [-0.2, 0) is 10.0 Å². The van der Waals surface area contributed by atoms with Gasteiger partial charge in [-0.05, 0) is 20.8 Å². The van der Waals surface area contributed by atoms with Crippen molar-refractivity contribution >= 4 is 10.0 Å². The smallest absolute Gasteiger partial charge is 0.325 e. The first-order chi connectivity index (χ1) is 6.38. The first kappa shape index (κ1) is 16.8. The molecule has 0 bridgehead atoms. The Morgan fingerprint density at radius 3 is 1.60 bits per heavy atom. The molecule has 0 aliphatic heterocycles. The monoisotopic (exact) mass is 248 g/mol. The van der Waals surface area contributed by atoms with E-state index in [0.29, 0.717) is 0 Å². The minimum atomic E-state index is -5.34. The summed E-state index contributed by atoms with van der Waals surface area (Å²) in [6.45, 7) is 6.06. The molecule has 0 spiro atoms. The zero-order valence-electron chi connectivity index (χ0n) is 8.67. The topological polar surface area (TPSA) is 86.2 Å². The number of nitrogens with two attached hydrogens (primary N) is 2. The maximum atomic E-state index is 10.8. The average Bonchev–Trinajstić information content (AvgIpc) is 1.78. The van der Waals surface area contributed by atoms with Gasteiger partial charge >= 0.3 is 15.5 Å². The third-order valence-corrected chi connectivity index (χ3v) is 1.56. The fourth-order valence-corrected chi connectivity index (χ4v) is 0.526. The lowest BCUT2D eigenvalue weighted by Crippen LogP contribution is -2.30.